The van der Waals surface area contributed by atoms with Crippen LogP contribution in [0.4, 0.5) is 5.69 Å². The van der Waals surface area contributed by atoms with E-state index in [4.69, 9.17) is 10.5 Å². The van der Waals surface area contributed by atoms with Crippen molar-refractivity contribution in [2.24, 2.45) is 5.73 Å². The molecular formula is C14H23ClN2O3. The molecule has 20 heavy (non-hydrogen) atoms. The molecule has 0 aliphatic rings. The van der Waals surface area contributed by atoms with E-state index in [1.807, 2.05) is 6.07 Å². The van der Waals surface area contributed by atoms with Gasteiger partial charge in [0.2, 0.25) is 5.91 Å². The number of phenols is 1. The Morgan fingerprint density at radius 1 is 1.45 bits per heavy atom. The molecule has 1 unspecified atom stereocenters. The fourth-order valence-corrected chi connectivity index (χ4v) is 1.58. The first-order chi connectivity index (χ1) is 8.75. The van der Waals surface area contributed by atoms with Crippen molar-refractivity contribution in [3.8, 4) is 5.75 Å². The molecule has 0 radical (unpaired) electrons. The third kappa shape index (κ3) is 5.00. The molecule has 0 bridgehead atoms. The molecule has 0 aromatic heterocycles. The summed E-state index contributed by atoms with van der Waals surface area (Å²) in [5, 5.41) is 12.4. The lowest BCUT2D eigenvalue weighted by molar-refractivity contribution is -0.118. The molecule has 1 aromatic rings. The Morgan fingerprint density at radius 2 is 2.05 bits per heavy atom. The lowest BCUT2D eigenvalue weighted by Gasteiger charge is -2.21. The van der Waals surface area contributed by atoms with E-state index in [9.17, 15) is 9.90 Å². The number of amides is 1. The lowest BCUT2D eigenvalue weighted by atomic mass is 9.87. The van der Waals surface area contributed by atoms with E-state index < -0.39 is 6.04 Å². The van der Waals surface area contributed by atoms with Gasteiger partial charge in [0.25, 0.3) is 0 Å². The average molecular weight is 303 g/mol. The molecule has 1 amide bonds. The number of carbonyl (C=O) groups is 1. The predicted molar refractivity (Wildman–Crippen MR) is 82.5 cm³/mol. The minimum atomic E-state index is -0.761. The zero-order valence-electron chi connectivity index (χ0n) is 12.3. The quantitative estimate of drug-likeness (QED) is 0.743. The summed E-state index contributed by atoms with van der Waals surface area (Å²) >= 11 is 0. The molecule has 6 heteroatoms. The Balaban J connectivity index is 0.00000361. The second-order valence-corrected chi connectivity index (χ2v) is 5.53. The minimum absolute atomic E-state index is 0. The highest BCUT2D eigenvalue weighted by atomic mass is 35.5. The van der Waals surface area contributed by atoms with E-state index in [1.165, 1.54) is 7.11 Å². The number of hydrogen-bond donors (Lipinski definition) is 3. The standard InChI is InChI=1S/C14H22N2O3.ClH/c1-14(2,3)9-5-6-12(17)11(7-9)16-13(18)10(15)8-19-4;/h5-7,10,17H,8,15H2,1-4H3,(H,16,18);1H. The number of nitrogens with one attached hydrogen (secondary N) is 1. The van der Waals surface area contributed by atoms with Gasteiger partial charge in [-0.2, -0.15) is 0 Å². The number of benzene rings is 1. The fraction of sp³-hybridized carbons (Fsp3) is 0.500. The van der Waals surface area contributed by atoms with E-state index in [0.29, 0.717) is 5.69 Å². The molecule has 4 N–H and O–H groups in total. The zero-order valence-corrected chi connectivity index (χ0v) is 13.1. The molecule has 0 aliphatic carbocycles. The zero-order chi connectivity index (χ0) is 14.6. The van der Waals surface area contributed by atoms with E-state index >= 15 is 0 Å². The molecule has 1 atom stereocenters. The van der Waals surface area contributed by atoms with Gasteiger partial charge in [0, 0.05) is 7.11 Å². The Labute approximate surface area is 125 Å². The van der Waals surface area contributed by atoms with Gasteiger partial charge in [-0.05, 0) is 23.1 Å². The van der Waals surface area contributed by atoms with Crippen molar-refractivity contribution in [2.45, 2.75) is 32.2 Å². The van der Waals surface area contributed by atoms with Crippen molar-refractivity contribution in [1.29, 1.82) is 0 Å². The molecule has 0 heterocycles. The third-order valence-electron chi connectivity index (χ3n) is 2.80. The molecule has 0 aliphatic heterocycles. The number of hydrogen-bond acceptors (Lipinski definition) is 4. The summed E-state index contributed by atoms with van der Waals surface area (Å²) < 4.78 is 4.82. The van der Waals surface area contributed by atoms with Crippen LogP contribution in [0.1, 0.15) is 26.3 Å². The van der Waals surface area contributed by atoms with Gasteiger partial charge < -0.3 is 20.9 Å². The van der Waals surface area contributed by atoms with Crippen LogP contribution in [0, 0.1) is 0 Å². The van der Waals surface area contributed by atoms with Gasteiger partial charge in [-0.25, -0.2) is 0 Å². The summed E-state index contributed by atoms with van der Waals surface area (Å²) in [7, 11) is 1.48. The molecule has 0 saturated heterocycles. The molecule has 114 valence electrons. The van der Waals surface area contributed by atoms with Crippen LogP contribution in [0.25, 0.3) is 0 Å². The van der Waals surface area contributed by atoms with Crippen LogP contribution in [-0.4, -0.2) is 30.8 Å². The topological polar surface area (TPSA) is 84.6 Å². The maximum Gasteiger partial charge on any atom is 0.243 e. The van der Waals surface area contributed by atoms with Crippen molar-refractivity contribution < 1.29 is 14.6 Å². The molecule has 0 saturated carbocycles. The average Bonchev–Trinajstić information content (AvgIpc) is 2.30. The summed E-state index contributed by atoms with van der Waals surface area (Å²) in [5.74, 6) is -0.367. The van der Waals surface area contributed by atoms with E-state index in [1.54, 1.807) is 12.1 Å². The first-order valence-electron chi connectivity index (χ1n) is 6.14. The van der Waals surface area contributed by atoms with Crippen LogP contribution in [-0.2, 0) is 14.9 Å². The number of halogens is 1. The van der Waals surface area contributed by atoms with Crippen LogP contribution < -0.4 is 11.1 Å². The van der Waals surface area contributed by atoms with E-state index in [0.717, 1.165) is 5.56 Å². The minimum Gasteiger partial charge on any atom is -0.506 e. The summed E-state index contributed by atoms with van der Waals surface area (Å²) in [6.45, 7) is 6.30. The van der Waals surface area contributed by atoms with E-state index in [2.05, 4.69) is 26.1 Å². The molecule has 5 nitrogen and oxygen atoms in total. The lowest BCUT2D eigenvalue weighted by Crippen LogP contribution is -2.39. The summed E-state index contributed by atoms with van der Waals surface area (Å²) in [4.78, 5) is 11.8. The first kappa shape index (κ1) is 18.7. The number of methoxy groups -OCH3 is 1. The molecule has 0 spiro atoms. The van der Waals surface area contributed by atoms with Crippen molar-refractivity contribution in [3.63, 3.8) is 0 Å². The van der Waals surface area contributed by atoms with Gasteiger partial charge in [-0.15, -0.1) is 12.4 Å². The Bertz CT molecular complexity index is 458. The molecular weight excluding hydrogens is 280 g/mol. The normalized spacial score (nSPS) is 12.4. The summed E-state index contributed by atoms with van der Waals surface area (Å²) in [5.41, 5.74) is 6.94. The first-order valence-corrected chi connectivity index (χ1v) is 6.14. The van der Waals surface area contributed by atoms with Crippen LogP contribution in [0.2, 0.25) is 0 Å². The summed E-state index contributed by atoms with van der Waals surface area (Å²) in [6.07, 6.45) is 0. The fourth-order valence-electron chi connectivity index (χ4n) is 1.58. The van der Waals surface area contributed by atoms with Crippen molar-refractivity contribution in [2.75, 3.05) is 19.0 Å². The van der Waals surface area contributed by atoms with Gasteiger partial charge in [-0.1, -0.05) is 26.8 Å². The van der Waals surface area contributed by atoms with E-state index in [-0.39, 0.29) is 36.1 Å². The van der Waals surface area contributed by atoms with Crippen LogP contribution >= 0.6 is 12.4 Å². The molecule has 0 fully saturated rings. The van der Waals surface area contributed by atoms with Crippen LogP contribution in [0.15, 0.2) is 18.2 Å². The Morgan fingerprint density at radius 3 is 2.55 bits per heavy atom. The SMILES string of the molecule is COCC(N)C(=O)Nc1cc(C(C)(C)C)ccc1O.Cl. The highest BCUT2D eigenvalue weighted by molar-refractivity contribution is 5.96. The van der Waals surface area contributed by atoms with Crippen LogP contribution in [0.5, 0.6) is 5.75 Å². The van der Waals surface area contributed by atoms with Gasteiger partial charge in [-0.3, -0.25) is 4.79 Å². The molecule has 1 rings (SSSR count). The highest BCUT2D eigenvalue weighted by Crippen LogP contribution is 2.30. The maximum absolute atomic E-state index is 11.8. The van der Waals surface area contributed by atoms with Crippen LogP contribution in [0.3, 0.4) is 0 Å². The van der Waals surface area contributed by atoms with Gasteiger partial charge >= 0.3 is 0 Å². The number of phenolic OH excluding ortho intramolecular Hbond substituents is 1. The Kier molecular flexibility index (Phi) is 6.99. The van der Waals surface area contributed by atoms with Gasteiger partial charge in [0.1, 0.15) is 11.8 Å². The third-order valence-corrected chi connectivity index (χ3v) is 2.80. The number of carbonyl (C=O) groups excluding carboxylic acids is 1. The predicted octanol–water partition coefficient (Wildman–Crippen LogP) is 2.02. The second kappa shape index (κ2) is 7.47. The Hall–Kier alpha value is -1.30. The van der Waals surface area contributed by atoms with Crippen molar-refractivity contribution >= 4 is 24.0 Å². The highest BCUT2D eigenvalue weighted by Gasteiger charge is 2.18. The second-order valence-electron chi connectivity index (χ2n) is 5.53. The smallest absolute Gasteiger partial charge is 0.243 e. The summed E-state index contributed by atoms with van der Waals surface area (Å²) in [6, 6.07) is 4.40. The number of anilines is 1. The van der Waals surface area contributed by atoms with Crippen molar-refractivity contribution in [1.82, 2.24) is 0 Å². The maximum atomic E-state index is 11.8. The largest absolute Gasteiger partial charge is 0.506 e. The van der Waals surface area contributed by atoms with Crippen molar-refractivity contribution in [3.05, 3.63) is 23.8 Å². The molecule has 1 aromatic carbocycles. The number of ether oxygens (including phenoxy) is 1. The number of nitrogens with two attached hydrogens (primary N) is 1. The van der Waals surface area contributed by atoms with Gasteiger partial charge in [0.15, 0.2) is 0 Å². The number of rotatable bonds is 4. The monoisotopic (exact) mass is 302 g/mol. The van der Waals surface area contributed by atoms with Gasteiger partial charge in [0.05, 0.1) is 12.3 Å². The number of aromatic hydroxyl groups is 1.